The fourth-order valence-electron chi connectivity index (χ4n) is 1.97. The minimum absolute atomic E-state index is 0.802. The minimum Gasteiger partial charge on any atom is -0.242 e. The molecule has 3 aromatic rings. The van der Waals surface area contributed by atoms with Crippen LogP contribution in [0.4, 0.5) is 0 Å². The molecule has 0 radical (unpaired) electrons. The molecule has 2 nitrogen and oxygen atoms in total. The molecule has 0 atom stereocenters. The van der Waals surface area contributed by atoms with Gasteiger partial charge in [0.05, 0.1) is 5.69 Å². The minimum atomic E-state index is 0.802. The molecule has 3 rings (SSSR count). The largest absolute Gasteiger partial charge is 0.242 e. The summed E-state index contributed by atoms with van der Waals surface area (Å²) in [6.07, 6.45) is 1.80. The van der Waals surface area contributed by atoms with Crippen LogP contribution in [-0.2, 0) is 0 Å². The molecule has 110 valence electrons. The molecule has 0 fully saturated rings. The van der Waals surface area contributed by atoms with Crippen molar-refractivity contribution in [2.45, 2.75) is 34.6 Å². The van der Waals surface area contributed by atoms with Gasteiger partial charge in [0, 0.05) is 11.8 Å². The van der Waals surface area contributed by atoms with Crippen molar-refractivity contribution >= 4 is 10.8 Å². The van der Waals surface area contributed by atoms with Gasteiger partial charge >= 0.3 is 0 Å². The number of hydrogen-bond acceptors (Lipinski definition) is 2. The molecule has 2 aromatic carbocycles. The van der Waals surface area contributed by atoms with Crippen molar-refractivity contribution in [3.8, 4) is 11.3 Å². The lowest BCUT2D eigenvalue weighted by Gasteiger charge is -2.03. The van der Waals surface area contributed by atoms with Gasteiger partial charge in [-0.1, -0.05) is 64.1 Å². The first kappa shape index (κ1) is 16.8. The summed E-state index contributed by atoms with van der Waals surface area (Å²) in [4.78, 5) is 8.56. The summed E-state index contributed by atoms with van der Waals surface area (Å²) in [6.45, 7) is 9.91. The smallest absolute Gasteiger partial charge is 0.125 e. The van der Waals surface area contributed by atoms with E-state index in [2.05, 4.69) is 52.4 Å². The summed E-state index contributed by atoms with van der Waals surface area (Å²) >= 11 is 0. The average molecular weight is 280 g/mol. The summed E-state index contributed by atoms with van der Waals surface area (Å²) in [5.74, 6) is 0.802. The predicted molar refractivity (Wildman–Crippen MR) is 92.4 cm³/mol. The van der Waals surface area contributed by atoms with Gasteiger partial charge in [-0.05, 0) is 29.8 Å². The van der Waals surface area contributed by atoms with Crippen molar-refractivity contribution in [1.29, 1.82) is 0 Å². The van der Waals surface area contributed by atoms with Crippen LogP contribution in [0.3, 0.4) is 0 Å². The van der Waals surface area contributed by atoms with Gasteiger partial charge in [0.25, 0.3) is 0 Å². The fourth-order valence-corrected chi connectivity index (χ4v) is 1.97. The molecule has 21 heavy (non-hydrogen) atoms. The number of hydrogen-bond donors (Lipinski definition) is 0. The van der Waals surface area contributed by atoms with Crippen molar-refractivity contribution in [1.82, 2.24) is 9.97 Å². The standard InChI is InChI=1S/C15H12N2.2C2H6/c1-11-16-9-8-15(17-11)14-7-6-12-4-2-3-5-13(12)10-14;2*1-2/h2-10H,1H3;2*1-2H3. The first-order valence-electron chi connectivity index (χ1n) is 7.62. The highest BCUT2D eigenvalue weighted by Crippen LogP contribution is 2.22. The molecule has 0 spiro atoms. The second-order valence-corrected chi connectivity index (χ2v) is 4.05. The Bertz CT molecular complexity index is 675. The molecule has 0 aliphatic rings. The topological polar surface area (TPSA) is 25.8 Å². The van der Waals surface area contributed by atoms with Gasteiger partial charge in [0.15, 0.2) is 0 Å². The van der Waals surface area contributed by atoms with E-state index in [0.29, 0.717) is 0 Å². The molecule has 1 aromatic heterocycles. The number of aryl methyl sites for hydroxylation is 1. The zero-order chi connectivity index (χ0) is 15.7. The molecule has 0 saturated heterocycles. The highest BCUT2D eigenvalue weighted by atomic mass is 14.9. The summed E-state index contributed by atoms with van der Waals surface area (Å²) in [7, 11) is 0. The van der Waals surface area contributed by atoms with E-state index >= 15 is 0 Å². The first-order valence-corrected chi connectivity index (χ1v) is 7.62. The van der Waals surface area contributed by atoms with Crippen molar-refractivity contribution in [2.75, 3.05) is 0 Å². The van der Waals surface area contributed by atoms with Crippen LogP contribution in [0.15, 0.2) is 54.7 Å². The normalized spacial score (nSPS) is 9.19. The van der Waals surface area contributed by atoms with Gasteiger partial charge in [-0.15, -0.1) is 0 Å². The Morgan fingerprint density at radius 1 is 0.762 bits per heavy atom. The Morgan fingerprint density at radius 3 is 2.10 bits per heavy atom. The second kappa shape index (κ2) is 8.85. The lowest BCUT2D eigenvalue weighted by atomic mass is 10.1. The van der Waals surface area contributed by atoms with E-state index < -0.39 is 0 Å². The molecular formula is C19H24N2. The van der Waals surface area contributed by atoms with E-state index in [1.165, 1.54) is 10.8 Å². The molecule has 0 N–H and O–H groups in total. The van der Waals surface area contributed by atoms with Crippen LogP contribution in [0.1, 0.15) is 33.5 Å². The third-order valence-electron chi connectivity index (χ3n) is 2.82. The molecule has 0 aliphatic heterocycles. The maximum Gasteiger partial charge on any atom is 0.125 e. The zero-order valence-electron chi connectivity index (χ0n) is 13.6. The lowest BCUT2D eigenvalue weighted by Crippen LogP contribution is -1.89. The second-order valence-electron chi connectivity index (χ2n) is 4.05. The van der Waals surface area contributed by atoms with Crippen LogP contribution in [0.25, 0.3) is 22.0 Å². The molecule has 0 bridgehead atoms. The van der Waals surface area contributed by atoms with Crippen LogP contribution >= 0.6 is 0 Å². The Morgan fingerprint density at radius 2 is 1.43 bits per heavy atom. The van der Waals surface area contributed by atoms with Crippen LogP contribution < -0.4 is 0 Å². The van der Waals surface area contributed by atoms with Crippen LogP contribution in [0.2, 0.25) is 0 Å². The molecule has 2 heteroatoms. The van der Waals surface area contributed by atoms with E-state index in [-0.39, 0.29) is 0 Å². The molecule has 0 aliphatic carbocycles. The predicted octanol–water partition coefficient (Wildman–Crippen LogP) is 5.66. The Hall–Kier alpha value is -2.22. The number of benzene rings is 2. The van der Waals surface area contributed by atoms with Crippen molar-refractivity contribution in [2.24, 2.45) is 0 Å². The summed E-state index contributed by atoms with van der Waals surface area (Å²) < 4.78 is 0. The monoisotopic (exact) mass is 280 g/mol. The van der Waals surface area contributed by atoms with E-state index in [9.17, 15) is 0 Å². The highest BCUT2D eigenvalue weighted by Gasteiger charge is 2.01. The molecule has 0 unspecified atom stereocenters. The van der Waals surface area contributed by atoms with Gasteiger partial charge in [-0.3, -0.25) is 0 Å². The number of rotatable bonds is 1. The molecule has 1 heterocycles. The summed E-state index contributed by atoms with van der Waals surface area (Å²) in [6, 6.07) is 16.7. The van der Waals surface area contributed by atoms with Crippen molar-refractivity contribution in [3.63, 3.8) is 0 Å². The lowest BCUT2D eigenvalue weighted by molar-refractivity contribution is 1.06. The SMILES string of the molecule is CC.CC.Cc1nccc(-c2ccc3ccccc3c2)n1. The summed E-state index contributed by atoms with van der Waals surface area (Å²) in [5, 5.41) is 2.49. The van der Waals surface area contributed by atoms with Crippen LogP contribution in [-0.4, -0.2) is 9.97 Å². The van der Waals surface area contributed by atoms with E-state index in [4.69, 9.17) is 0 Å². The molecular weight excluding hydrogens is 256 g/mol. The van der Waals surface area contributed by atoms with E-state index in [1.807, 2.05) is 40.7 Å². The van der Waals surface area contributed by atoms with Gasteiger partial charge in [0.1, 0.15) is 5.82 Å². The highest BCUT2D eigenvalue weighted by molar-refractivity contribution is 5.86. The van der Waals surface area contributed by atoms with Crippen LogP contribution in [0, 0.1) is 6.92 Å². The maximum atomic E-state index is 4.44. The number of aromatic nitrogens is 2. The zero-order valence-corrected chi connectivity index (χ0v) is 13.6. The van der Waals surface area contributed by atoms with Gasteiger partial charge in [0.2, 0.25) is 0 Å². The summed E-state index contributed by atoms with van der Waals surface area (Å²) in [5.41, 5.74) is 2.11. The van der Waals surface area contributed by atoms with E-state index in [0.717, 1.165) is 17.1 Å². The van der Waals surface area contributed by atoms with Gasteiger partial charge in [-0.25, -0.2) is 9.97 Å². The third-order valence-corrected chi connectivity index (χ3v) is 2.82. The molecule has 0 amide bonds. The van der Waals surface area contributed by atoms with E-state index in [1.54, 1.807) is 6.20 Å². The van der Waals surface area contributed by atoms with Crippen molar-refractivity contribution < 1.29 is 0 Å². The quantitative estimate of drug-likeness (QED) is 0.575. The van der Waals surface area contributed by atoms with Gasteiger partial charge < -0.3 is 0 Å². The Labute approximate surface area is 127 Å². The fraction of sp³-hybridized carbons (Fsp3) is 0.263. The Kier molecular flexibility index (Phi) is 7.10. The van der Waals surface area contributed by atoms with Crippen molar-refractivity contribution in [3.05, 3.63) is 60.6 Å². The number of fused-ring (bicyclic) bond motifs is 1. The third kappa shape index (κ3) is 4.38. The average Bonchev–Trinajstić information content (AvgIpc) is 2.58. The van der Waals surface area contributed by atoms with Gasteiger partial charge in [-0.2, -0.15) is 0 Å². The number of nitrogens with zero attached hydrogens (tertiary/aromatic N) is 2. The Balaban J connectivity index is 0.000000510. The maximum absolute atomic E-state index is 4.44. The van der Waals surface area contributed by atoms with Crippen LogP contribution in [0.5, 0.6) is 0 Å². The molecule has 0 saturated carbocycles. The first-order chi connectivity index (χ1) is 10.3.